The van der Waals surface area contributed by atoms with Crippen molar-refractivity contribution in [3.05, 3.63) is 71.4 Å². The summed E-state index contributed by atoms with van der Waals surface area (Å²) in [6.07, 6.45) is 2.65. The highest BCUT2D eigenvalue weighted by atomic mass is 32.1. The molecule has 4 heterocycles. The molecular formula is C22H18F2N6OS. The highest BCUT2D eigenvalue weighted by molar-refractivity contribution is 7.09. The Labute approximate surface area is 186 Å². The van der Waals surface area contributed by atoms with Crippen LogP contribution in [0.15, 0.2) is 42.7 Å². The summed E-state index contributed by atoms with van der Waals surface area (Å²) in [6, 6.07) is 6.63. The molecule has 0 bridgehead atoms. The molecule has 1 amide bonds. The van der Waals surface area contributed by atoms with Crippen LogP contribution >= 0.6 is 11.5 Å². The lowest BCUT2D eigenvalue weighted by Gasteiger charge is -2.35. The molecule has 0 saturated heterocycles. The molecule has 32 heavy (non-hydrogen) atoms. The second-order valence-corrected chi connectivity index (χ2v) is 8.26. The maximum absolute atomic E-state index is 14.7. The second-order valence-electron chi connectivity index (χ2n) is 7.50. The zero-order valence-corrected chi connectivity index (χ0v) is 18.1. The van der Waals surface area contributed by atoms with Gasteiger partial charge in [0.2, 0.25) is 0 Å². The summed E-state index contributed by atoms with van der Waals surface area (Å²) >= 11 is 1.23. The van der Waals surface area contributed by atoms with Gasteiger partial charge in [-0.15, -0.1) is 0 Å². The Morgan fingerprint density at radius 2 is 1.91 bits per heavy atom. The van der Waals surface area contributed by atoms with Gasteiger partial charge in [-0.1, -0.05) is 0 Å². The molecule has 0 unspecified atom stereocenters. The van der Waals surface area contributed by atoms with Crippen LogP contribution in [0.5, 0.6) is 0 Å². The molecule has 0 saturated carbocycles. The van der Waals surface area contributed by atoms with Gasteiger partial charge in [0.15, 0.2) is 16.6 Å². The van der Waals surface area contributed by atoms with E-state index >= 15 is 0 Å². The van der Waals surface area contributed by atoms with Crippen LogP contribution in [0.1, 0.15) is 34.8 Å². The molecule has 0 N–H and O–H groups in total. The molecule has 0 spiro atoms. The molecule has 1 aromatic carbocycles. The number of pyridine rings is 1. The zero-order chi connectivity index (χ0) is 22.4. The van der Waals surface area contributed by atoms with Gasteiger partial charge in [-0.2, -0.15) is 4.37 Å². The molecule has 1 atom stereocenters. The van der Waals surface area contributed by atoms with Crippen LogP contribution in [-0.2, 0) is 6.54 Å². The van der Waals surface area contributed by atoms with E-state index in [9.17, 15) is 13.6 Å². The van der Waals surface area contributed by atoms with Crippen LogP contribution in [0.3, 0.4) is 0 Å². The first kappa shape index (κ1) is 20.4. The van der Waals surface area contributed by atoms with Crippen molar-refractivity contribution < 1.29 is 13.6 Å². The van der Waals surface area contributed by atoms with Gasteiger partial charge < -0.3 is 9.47 Å². The van der Waals surface area contributed by atoms with Crippen molar-refractivity contribution in [1.82, 2.24) is 28.8 Å². The number of imidazole rings is 1. The van der Waals surface area contributed by atoms with Crippen LogP contribution in [0.25, 0.3) is 22.1 Å². The van der Waals surface area contributed by atoms with Crippen molar-refractivity contribution in [1.29, 1.82) is 0 Å². The fourth-order valence-corrected chi connectivity index (χ4v) is 4.69. The fraction of sp³-hybridized carbons (Fsp3) is 0.227. The number of fused-ring (bicyclic) bond motifs is 1. The molecule has 0 fully saturated rings. The molecule has 1 aliphatic heterocycles. The van der Waals surface area contributed by atoms with E-state index in [1.807, 2.05) is 11.5 Å². The maximum Gasteiger partial charge on any atom is 0.254 e. The topological polar surface area (TPSA) is 76.8 Å². The molecule has 162 valence electrons. The quantitative estimate of drug-likeness (QED) is 0.464. The lowest BCUT2D eigenvalue weighted by molar-refractivity contribution is 0.0645. The molecule has 5 rings (SSSR count). The molecule has 4 aromatic rings. The first-order chi connectivity index (χ1) is 15.4. The second kappa shape index (κ2) is 7.86. The number of aromatic nitrogens is 5. The predicted molar refractivity (Wildman–Crippen MR) is 115 cm³/mol. The molecule has 3 aromatic heterocycles. The van der Waals surface area contributed by atoms with Crippen LogP contribution in [0.4, 0.5) is 8.78 Å². The van der Waals surface area contributed by atoms with Crippen molar-refractivity contribution in [2.75, 3.05) is 6.54 Å². The number of carbonyl (C=O) groups excluding carboxylic acids is 1. The van der Waals surface area contributed by atoms with E-state index in [1.165, 1.54) is 42.0 Å². The fourth-order valence-electron chi connectivity index (χ4n) is 4.02. The third kappa shape index (κ3) is 3.36. The summed E-state index contributed by atoms with van der Waals surface area (Å²) < 4.78 is 34.2. The van der Waals surface area contributed by atoms with Gasteiger partial charge in [-0.25, -0.2) is 18.7 Å². The number of hydrogen-bond acceptors (Lipinski definition) is 6. The van der Waals surface area contributed by atoms with Crippen LogP contribution in [0.2, 0.25) is 0 Å². The minimum atomic E-state index is -0.498. The Kier molecular flexibility index (Phi) is 5.01. The van der Waals surface area contributed by atoms with E-state index in [0.29, 0.717) is 52.3 Å². The number of carbonyl (C=O) groups is 1. The van der Waals surface area contributed by atoms with Crippen molar-refractivity contribution in [2.45, 2.75) is 26.4 Å². The zero-order valence-electron chi connectivity index (χ0n) is 17.3. The average molecular weight is 452 g/mol. The average Bonchev–Trinajstić information content (AvgIpc) is 3.38. The van der Waals surface area contributed by atoms with E-state index in [2.05, 4.69) is 14.3 Å². The number of nitrogens with zero attached hydrogens (tertiary/aromatic N) is 6. The van der Waals surface area contributed by atoms with Crippen molar-refractivity contribution in [2.24, 2.45) is 0 Å². The number of amides is 1. The first-order valence-electron chi connectivity index (χ1n) is 10.0. The van der Waals surface area contributed by atoms with Gasteiger partial charge in [0.05, 0.1) is 23.6 Å². The molecular weight excluding hydrogens is 434 g/mol. The normalized spacial score (nSPS) is 15.6. The lowest BCUT2D eigenvalue weighted by Crippen LogP contribution is -2.41. The Bertz CT molecular complexity index is 1320. The third-order valence-electron chi connectivity index (χ3n) is 5.53. The Balaban J connectivity index is 1.63. The standard InChI is InChI=1S/C22H18F2N6OS/c1-12-19-18(16-7-8-25-11-17(16)24)27-20(21-26-13(2)28-32-21)30(19)10-9-29(12)22(31)14-3-5-15(23)6-4-14/h3-8,11-12H,9-10H2,1-2H3/t12-/m1/s1. The molecule has 1 aliphatic rings. The minimum absolute atomic E-state index is 0.223. The Morgan fingerprint density at radius 3 is 2.59 bits per heavy atom. The minimum Gasteiger partial charge on any atom is -0.329 e. The summed E-state index contributed by atoms with van der Waals surface area (Å²) in [5, 5.41) is 0.634. The number of benzene rings is 1. The van der Waals surface area contributed by atoms with Gasteiger partial charge in [-0.3, -0.25) is 9.78 Å². The first-order valence-corrected chi connectivity index (χ1v) is 10.8. The molecule has 10 heteroatoms. The number of aryl methyl sites for hydroxylation is 1. The number of halogens is 2. The summed E-state index contributed by atoms with van der Waals surface area (Å²) in [5.74, 6) is 0.106. The smallest absolute Gasteiger partial charge is 0.254 e. The van der Waals surface area contributed by atoms with Gasteiger partial charge in [0.1, 0.15) is 11.6 Å². The van der Waals surface area contributed by atoms with E-state index < -0.39 is 17.7 Å². The van der Waals surface area contributed by atoms with Crippen LogP contribution in [-0.4, -0.2) is 41.2 Å². The van der Waals surface area contributed by atoms with Crippen LogP contribution < -0.4 is 0 Å². The van der Waals surface area contributed by atoms with Gasteiger partial charge in [-0.05, 0) is 55.7 Å². The number of rotatable bonds is 3. The third-order valence-corrected chi connectivity index (χ3v) is 6.34. The largest absolute Gasteiger partial charge is 0.329 e. The van der Waals surface area contributed by atoms with E-state index in [-0.39, 0.29) is 5.91 Å². The van der Waals surface area contributed by atoms with Gasteiger partial charge >= 0.3 is 0 Å². The van der Waals surface area contributed by atoms with Crippen LogP contribution in [0, 0.1) is 18.6 Å². The monoisotopic (exact) mass is 452 g/mol. The van der Waals surface area contributed by atoms with E-state index in [1.54, 1.807) is 17.9 Å². The Hall–Kier alpha value is -3.53. The lowest BCUT2D eigenvalue weighted by atomic mass is 10.0. The highest BCUT2D eigenvalue weighted by Crippen LogP contribution is 2.39. The summed E-state index contributed by atoms with van der Waals surface area (Å²) in [5.41, 5.74) is 1.85. The predicted octanol–water partition coefficient (Wildman–Crippen LogP) is 4.27. The van der Waals surface area contributed by atoms with Crippen molar-refractivity contribution >= 4 is 17.4 Å². The van der Waals surface area contributed by atoms with Crippen molar-refractivity contribution in [3.63, 3.8) is 0 Å². The molecule has 0 aliphatic carbocycles. The van der Waals surface area contributed by atoms with E-state index in [4.69, 9.17) is 4.98 Å². The number of hydrogen-bond donors (Lipinski definition) is 0. The highest BCUT2D eigenvalue weighted by Gasteiger charge is 2.35. The summed E-state index contributed by atoms with van der Waals surface area (Å²) in [7, 11) is 0. The van der Waals surface area contributed by atoms with E-state index in [0.717, 1.165) is 6.20 Å². The summed E-state index contributed by atoms with van der Waals surface area (Å²) in [6.45, 7) is 4.56. The van der Waals surface area contributed by atoms with Crippen molar-refractivity contribution in [3.8, 4) is 22.1 Å². The maximum atomic E-state index is 14.7. The Morgan fingerprint density at radius 1 is 1.12 bits per heavy atom. The SMILES string of the molecule is Cc1nsc(-c2nc(-c3ccncc3F)c3n2CCN(C(=O)c2ccc(F)cc2)[C@@H]3C)n1. The summed E-state index contributed by atoms with van der Waals surface area (Å²) in [4.78, 5) is 27.9. The molecule has 0 radical (unpaired) electrons. The van der Waals surface area contributed by atoms with Gasteiger partial charge in [0, 0.05) is 30.4 Å². The van der Waals surface area contributed by atoms with Gasteiger partial charge in [0.25, 0.3) is 5.91 Å². The molecule has 7 nitrogen and oxygen atoms in total.